The molecular formula is C11H22N2OS. The molecule has 0 spiro atoms. The van der Waals surface area contributed by atoms with Gasteiger partial charge in [-0.25, -0.2) is 0 Å². The number of hydrogen-bond donors (Lipinski definition) is 2. The average Bonchev–Trinajstić information content (AvgIpc) is 2.42. The van der Waals surface area contributed by atoms with Gasteiger partial charge < -0.3 is 10.6 Å². The van der Waals surface area contributed by atoms with Crippen molar-refractivity contribution in [1.82, 2.24) is 10.6 Å². The van der Waals surface area contributed by atoms with Crippen LogP contribution in [0.2, 0.25) is 0 Å². The van der Waals surface area contributed by atoms with Crippen LogP contribution in [0.15, 0.2) is 0 Å². The van der Waals surface area contributed by atoms with E-state index in [1.54, 1.807) is 0 Å². The summed E-state index contributed by atoms with van der Waals surface area (Å²) in [5.41, 5.74) is 0. The van der Waals surface area contributed by atoms with E-state index >= 15 is 0 Å². The summed E-state index contributed by atoms with van der Waals surface area (Å²) >= 11 is 1.92. The van der Waals surface area contributed by atoms with Gasteiger partial charge in [-0.05, 0) is 31.9 Å². The lowest BCUT2D eigenvalue weighted by Gasteiger charge is -2.20. The predicted molar refractivity (Wildman–Crippen MR) is 66.2 cm³/mol. The predicted octanol–water partition coefficient (Wildman–Crippen LogP) is 1.39. The standard InChI is InChI=1S/C11H22N2OS/c1-3-15-8-9(2)13-10-6-4-5-7-12-11(10)14/h9-10,13H,3-8H2,1-2H3,(H,12,14). The van der Waals surface area contributed by atoms with Gasteiger partial charge in [-0.2, -0.15) is 11.8 Å². The van der Waals surface area contributed by atoms with E-state index < -0.39 is 0 Å². The van der Waals surface area contributed by atoms with Crippen molar-refractivity contribution in [2.75, 3.05) is 18.1 Å². The summed E-state index contributed by atoms with van der Waals surface area (Å²) in [5.74, 6) is 2.41. The van der Waals surface area contributed by atoms with E-state index in [0.29, 0.717) is 6.04 Å². The molecule has 1 rings (SSSR count). The van der Waals surface area contributed by atoms with Crippen LogP contribution in [0.4, 0.5) is 0 Å². The molecule has 0 saturated carbocycles. The van der Waals surface area contributed by atoms with E-state index in [9.17, 15) is 4.79 Å². The summed E-state index contributed by atoms with van der Waals surface area (Å²) in [5, 5.41) is 6.36. The first-order valence-electron chi connectivity index (χ1n) is 5.85. The van der Waals surface area contributed by atoms with E-state index in [0.717, 1.165) is 37.3 Å². The maximum Gasteiger partial charge on any atom is 0.237 e. The average molecular weight is 230 g/mol. The first-order chi connectivity index (χ1) is 7.24. The third-order valence-corrected chi connectivity index (χ3v) is 3.74. The molecule has 15 heavy (non-hydrogen) atoms. The minimum absolute atomic E-state index is 0.0277. The van der Waals surface area contributed by atoms with Crippen molar-refractivity contribution in [1.29, 1.82) is 0 Å². The Morgan fingerprint density at radius 3 is 3.13 bits per heavy atom. The van der Waals surface area contributed by atoms with Crippen molar-refractivity contribution in [3.05, 3.63) is 0 Å². The zero-order valence-corrected chi connectivity index (χ0v) is 10.5. The molecule has 0 aromatic carbocycles. The highest BCUT2D eigenvalue weighted by Gasteiger charge is 2.21. The monoisotopic (exact) mass is 230 g/mol. The largest absolute Gasteiger partial charge is 0.355 e. The molecule has 0 aromatic rings. The van der Waals surface area contributed by atoms with Crippen LogP contribution >= 0.6 is 11.8 Å². The van der Waals surface area contributed by atoms with Crippen molar-refractivity contribution in [2.45, 2.75) is 45.2 Å². The first-order valence-corrected chi connectivity index (χ1v) is 7.01. The Balaban J connectivity index is 2.30. The molecule has 4 heteroatoms. The summed E-state index contributed by atoms with van der Waals surface area (Å²) in [4.78, 5) is 11.6. The molecule has 1 saturated heterocycles. The number of amides is 1. The second-order valence-corrected chi connectivity index (χ2v) is 5.39. The highest BCUT2D eigenvalue weighted by Crippen LogP contribution is 2.08. The van der Waals surface area contributed by atoms with Crippen molar-refractivity contribution >= 4 is 17.7 Å². The Hall–Kier alpha value is -0.220. The van der Waals surface area contributed by atoms with Gasteiger partial charge in [-0.15, -0.1) is 0 Å². The maximum atomic E-state index is 11.6. The van der Waals surface area contributed by atoms with Gasteiger partial charge in [0.1, 0.15) is 0 Å². The minimum Gasteiger partial charge on any atom is -0.355 e. The third kappa shape index (κ3) is 4.89. The van der Waals surface area contributed by atoms with E-state index in [-0.39, 0.29) is 11.9 Å². The summed E-state index contributed by atoms with van der Waals surface area (Å²) in [7, 11) is 0. The minimum atomic E-state index is 0.0277. The number of thioether (sulfide) groups is 1. The summed E-state index contributed by atoms with van der Waals surface area (Å²) in [6.45, 7) is 5.16. The van der Waals surface area contributed by atoms with Crippen molar-refractivity contribution < 1.29 is 4.79 Å². The lowest BCUT2D eigenvalue weighted by Crippen LogP contribution is -2.47. The van der Waals surface area contributed by atoms with Gasteiger partial charge in [0.15, 0.2) is 0 Å². The number of rotatable bonds is 5. The highest BCUT2D eigenvalue weighted by atomic mass is 32.2. The number of nitrogens with one attached hydrogen (secondary N) is 2. The van der Waals surface area contributed by atoms with Crippen molar-refractivity contribution in [3.63, 3.8) is 0 Å². The van der Waals surface area contributed by atoms with E-state index in [4.69, 9.17) is 0 Å². The van der Waals surface area contributed by atoms with Gasteiger partial charge >= 0.3 is 0 Å². The summed E-state index contributed by atoms with van der Waals surface area (Å²) in [6, 6.07) is 0.448. The molecule has 1 amide bonds. The molecule has 1 fully saturated rings. The second-order valence-electron chi connectivity index (χ2n) is 4.07. The first kappa shape index (κ1) is 12.8. The van der Waals surface area contributed by atoms with Crippen LogP contribution in [0, 0.1) is 0 Å². The molecule has 1 heterocycles. The van der Waals surface area contributed by atoms with E-state index in [1.807, 2.05) is 11.8 Å². The molecule has 0 bridgehead atoms. The van der Waals surface area contributed by atoms with Crippen LogP contribution < -0.4 is 10.6 Å². The van der Waals surface area contributed by atoms with Gasteiger partial charge in [0, 0.05) is 18.3 Å². The topological polar surface area (TPSA) is 41.1 Å². The fourth-order valence-electron chi connectivity index (χ4n) is 1.78. The van der Waals surface area contributed by atoms with Crippen LogP contribution in [0.25, 0.3) is 0 Å². The third-order valence-electron chi connectivity index (χ3n) is 2.59. The van der Waals surface area contributed by atoms with Crippen LogP contribution in [0.3, 0.4) is 0 Å². The lowest BCUT2D eigenvalue weighted by molar-refractivity contribution is -0.123. The second kappa shape index (κ2) is 7.12. The summed E-state index contributed by atoms with van der Waals surface area (Å²) < 4.78 is 0. The van der Waals surface area contributed by atoms with Crippen LogP contribution in [0.1, 0.15) is 33.1 Å². The van der Waals surface area contributed by atoms with E-state index in [2.05, 4.69) is 24.5 Å². The highest BCUT2D eigenvalue weighted by molar-refractivity contribution is 7.99. The van der Waals surface area contributed by atoms with Gasteiger partial charge in [-0.3, -0.25) is 4.79 Å². The number of carbonyl (C=O) groups is 1. The van der Waals surface area contributed by atoms with Crippen LogP contribution in [-0.4, -0.2) is 36.0 Å². The molecule has 88 valence electrons. The molecule has 0 aliphatic carbocycles. The Labute approximate surface area is 96.8 Å². The summed E-state index contributed by atoms with van der Waals surface area (Å²) in [6.07, 6.45) is 3.24. The zero-order chi connectivity index (χ0) is 11.1. The van der Waals surface area contributed by atoms with Crippen molar-refractivity contribution in [3.8, 4) is 0 Å². The van der Waals surface area contributed by atoms with Gasteiger partial charge in [0.2, 0.25) is 5.91 Å². The SMILES string of the molecule is CCSCC(C)NC1CCCCNC1=O. The lowest BCUT2D eigenvalue weighted by atomic mass is 10.1. The Bertz CT molecular complexity index is 199. The van der Waals surface area contributed by atoms with Gasteiger partial charge in [-0.1, -0.05) is 6.92 Å². The van der Waals surface area contributed by atoms with Crippen LogP contribution in [-0.2, 0) is 4.79 Å². The molecule has 2 atom stereocenters. The molecule has 1 aliphatic heterocycles. The molecule has 0 radical (unpaired) electrons. The quantitative estimate of drug-likeness (QED) is 0.750. The molecule has 2 unspecified atom stereocenters. The molecule has 0 aromatic heterocycles. The fraction of sp³-hybridized carbons (Fsp3) is 0.909. The molecule has 2 N–H and O–H groups in total. The number of carbonyl (C=O) groups excluding carboxylic acids is 1. The Morgan fingerprint density at radius 2 is 2.40 bits per heavy atom. The van der Waals surface area contributed by atoms with Crippen LogP contribution in [0.5, 0.6) is 0 Å². The molecule has 3 nitrogen and oxygen atoms in total. The Kier molecular flexibility index (Phi) is 6.10. The maximum absolute atomic E-state index is 11.6. The molecular weight excluding hydrogens is 208 g/mol. The van der Waals surface area contributed by atoms with Crippen molar-refractivity contribution in [2.24, 2.45) is 0 Å². The Morgan fingerprint density at radius 1 is 1.60 bits per heavy atom. The molecule has 1 aliphatic rings. The van der Waals surface area contributed by atoms with Gasteiger partial charge in [0.05, 0.1) is 6.04 Å². The van der Waals surface area contributed by atoms with Gasteiger partial charge in [0.25, 0.3) is 0 Å². The zero-order valence-electron chi connectivity index (χ0n) is 9.71. The smallest absolute Gasteiger partial charge is 0.237 e. The fourth-order valence-corrected chi connectivity index (χ4v) is 2.47. The normalized spacial score (nSPS) is 24.4. The van der Waals surface area contributed by atoms with E-state index in [1.165, 1.54) is 0 Å². The number of hydrogen-bond acceptors (Lipinski definition) is 3.